The molecule has 0 bridgehead atoms. The van der Waals surface area contributed by atoms with Crippen molar-refractivity contribution >= 4 is 19.6 Å². The first-order chi connectivity index (χ1) is 16.1. The predicted molar refractivity (Wildman–Crippen MR) is 154 cm³/mol. The van der Waals surface area contributed by atoms with Gasteiger partial charge in [0, 0.05) is 0 Å². The van der Waals surface area contributed by atoms with Crippen molar-refractivity contribution in [3.8, 4) is 11.1 Å². The molecule has 2 aliphatic rings. The summed E-state index contributed by atoms with van der Waals surface area (Å²) in [6.45, 7) is 20.8. The predicted octanol–water partition coefficient (Wildman–Crippen LogP) is 3.95. The van der Waals surface area contributed by atoms with E-state index < -0.39 is 0 Å². The fourth-order valence-electron chi connectivity index (χ4n) is 6.32. The molecular weight excluding hydrogens is 587 g/mol. The van der Waals surface area contributed by atoms with Gasteiger partial charge in [-0.15, -0.1) is 28.5 Å². The van der Waals surface area contributed by atoms with Gasteiger partial charge in [0.1, 0.15) is 0 Å². The van der Waals surface area contributed by atoms with Gasteiger partial charge in [-0.25, -0.2) is 0 Å². The van der Waals surface area contributed by atoms with E-state index in [1.54, 1.807) is 33.4 Å². The van der Waals surface area contributed by atoms with Gasteiger partial charge in [-0.1, -0.05) is 86.0 Å². The summed E-state index contributed by atoms with van der Waals surface area (Å²) in [6.07, 6.45) is 3.78. The largest absolute Gasteiger partial charge is 3.00 e. The molecule has 0 unspecified atom stereocenters. The molecule has 0 saturated carbocycles. The first-order valence-electron chi connectivity index (χ1n) is 13.1. The summed E-state index contributed by atoms with van der Waals surface area (Å²) < 4.78 is 0. The molecule has 4 heteroatoms. The van der Waals surface area contributed by atoms with Gasteiger partial charge in [-0.05, 0) is 80.7 Å². The maximum absolute atomic E-state index is 2.44. The third kappa shape index (κ3) is 6.69. The maximum atomic E-state index is 2.44. The van der Waals surface area contributed by atoms with E-state index in [0.29, 0.717) is 5.92 Å². The Bertz CT molecular complexity index is 1270. The molecule has 3 aromatic rings. The van der Waals surface area contributed by atoms with Crippen molar-refractivity contribution in [3.05, 3.63) is 87.0 Å². The molecule has 0 spiro atoms. The van der Waals surface area contributed by atoms with Crippen LogP contribution in [0, 0.1) is 6.92 Å². The van der Waals surface area contributed by atoms with Crippen molar-refractivity contribution in [2.75, 3.05) is 0 Å². The molecule has 0 saturated heterocycles. The Kier molecular flexibility index (Phi) is 13.0. The van der Waals surface area contributed by atoms with E-state index in [9.17, 15) is 0 Å². The number of aryl methyl sites for hydroxylation is 2. The normalized spacial score (nSPS) is 14.9. The molecule has 5 rings (SSSR count). The van der Waals surface area contributed by atoms with E-state index in [0.717, 1.165) is 5.54 Å². The average molecular weight is 629 g/mol. The van der Waals surface area contributed by atoms with Gasteiger partial charge in [0.25, 0.3) is 0 Å². The van der Waals surface area contributed by atoms with Crippen LogP contribution in [0.1, 0.15) is 76.1 Å². The molecule has 196 valence electrons. The molecule has 0 aliphatic heterocycles. The standard InChI is InChI=1S/C22H23.C11H19Si.2ClH.Zr/c1-14(2)18-8-4-5-9-20(18)22-19-10-6-7-16(19)13-17-11-15(3)12-21(17)22;1-7-8(2)10(4)11(9(7)3)12(5)6;;;/h4-5,8-9,11-14H,6-7,10H2,1-3H3;11H,1-6H3;2*1H;/q-1;;;;+3/p-2. The second kappa shape index (κ2) is 14.0. The first kappa shape index (κ1) is 34.2. The molecule has 2 radical (unpaired) electrons. The molecule has 0 nitrogen and oxygen atoms in total. The van der Waals surface area contributed by atoms with Crippen LogP contribution in [0.2, 0.25) is 18.6 Å². The van der Waals surface area contributed by atoms with E-state index >= 15 is 0 Å². The van der Waals surface area contributed by atoms with Crippen LogP contribution in [0.5, 0.6) is 0 Å². The number of halogens is 2. The second-order valence-corrected chi connectivity index (χ2v) is 13.9. The fraction of sp³-hybridized carbons (Fsp3) is 0.424. The van der Waals surface area contributed by atoms with Gasteiger partial charge in [-0.3, -0.25) is 0 Å². The van der Waals surface area contributed by atoms with E-state index in [1.807, 2.05) is 0 Å². The number of hydrogen-bond donors (Lipinski definition) is 0. The Hall–Kier alpha value is -0.790. The zero-order chi connectivity index (χ0) is 24.7. The summed E-state index contributed by atoms with van der Waals surface area (Å²) in [5.74, 6) is 0.555. The Morgan fingerprint density at radius 3 is 2.00 bits per heavy atom. The number of fused-ring (bicyclic) bond motifs is 2. The Morgan fingerprint density at radius 1 is 0.865 bits per heavy atom. The van der Waals surface area contributed by atoms with Crippen molar-refractivity contribution in [2.45, 2.75) is 92.3 Å². The van der Waals surface area contributed by atoms with Crippen LogP contribution >= 0.6 is 0 Å². The molecule has 0 heterocycles. The Labute approximate surface area is 259 Å². The number of allylic oxidation sites excluding steroid dienone is 4. The van der Waals surface area contributed by atoms with Crippen molar-refractivity contribution in [1.82, 2.24) is 0 Å². The Morgan fingerprint density at radius 2 is 1.46 bits per heavy atom. The van der Waals surface area contributed by atoms with Crippen LogP contribution in [0.3, 0.4) is 0 Å². The molecule has 0 aromatic heterocycles. The molecule has 37 heavy (non-hydrogen) atoms. The van der Waals surface area contributed by atoms with Gasteiger partial charge in [0.05, 0.1) is 8.80 Å². The minimum Gasteiger partial charge on any atom is -1.00 e. The zero-order valence-corrected chi connectivity index (χ0v) is 29.0. The van der Waals surface area contributed by atoms with Crippen molar-refractivity contribution in [1.29, 1.82) is 0 Å². The average Bonchev–Trinajstić information content (AvgIpc) is 3.45. The van der Waals surface area contributed by atoms with Crippen molar-refractivity contribution in [2.24, 2.45) is 0 Å². The quantitative estimate of drug-likeness (QED) is 0.305. The summed E-state index contributed by atoms with van der Waals surface area (Å²) >= 11 is 0. The van der Waals surface area contributed by atoms with Crippen LogP contribution in [0.25, 0.3) is 21.9 Å². The van der Waals surface area contributed by atoms with Crippen LogP contribution in [-0.4, -0.2) is 8.80 Å². The summed E-state index contributed by atoms with van der Waals surface area (Å²) in [6, 6.07) is 16.1. The molecular formula is C33H42Cl2SiZr. The van der Waals surface area contributed by atoms with Crippen molar-refractivity contribution in [3.63, 3.8) is 0 Å². The third-order valence-corrected chi connectivity index (χ3v) is 10.3. The van der Waals surface area contributed by atoms with Crippen LogP contribution in [0.4, 0.5) is 0 Å². The molecule has 2 aliphatic carbocycles. The second-order valence-electron chi connectivity index (χ2n) is 11.1. The minimum atomic E-state index is -0.190. The summed E-state index contributed by atoms with van der Waals surface area (Å²) in [4.78, 5) is 0. The summed E-state index contributed by atoms with van der Waals surface area (Å²) in [7, 11) is -0.190. The molecule has 0 N–H and O–H groups in total. The van der Waals surface area contributed by atoms with E-state index in [-0.39, 0.29) is 59.8 Å². The zero-order valence-electron chi connectivity index (χ0n) is 24.1. The number of hydrogen-bond acceptors (Lipinski definition) is 0. The van der Waals surface area contributed by atoms with Gasteiger partial charge in [0.2, 0.25) is 0 Å². The SMILES string of the molecule is CC1=C(C)C([Si](C)C)C(C)=C1C.Cc1cc2c(-c3ccccc3C(C)C)c3c(cc2[cH-]1)CCC3.[Cl-].[Cl-].[Zr+3]. The van der Waals surface area contributed by atoms with E-state index in [1.165, 1.54) is 52.3 Å². The molecule has 3 aromatic carbocycles. The van der Waals surface area contributed by atoms with E-state index in [4.69, 9.17) is 0 Å². The molecule has 0 atom stereocenters. The number of rotatable bonds is 3. The van der Waals surface area contributed by atoms with Crippen LogP contribution < -0.4 is 24.8 Å². The van der Waals surface area contributed by atoms with Crippen LogP contribution in [-0.2, 0) is 39.0 Å². The monoisotopic (exact) mass is 626 g/mol. The van der Waals surface area contributed by atoms with Gasteiger partial charge in [0.15, 0.2) is 0 Å². The van der Waals surface area contributed by atoms with Gasteiger partial charge < -0.3 is 24.8 Å². The molecule has 0 amide bonds. The maximum Gasteiger partial charge on any atom is 3.00 e. The number of benzene rings is 2. The topological polar surface area (TPSA) is 0 Å². The Balaban J connectivity index is 0.000000397. The third-order valence-electron chi connectivity index (χ3n) is 8.27. The first-order valence-corrected chi connectivity index (χ1v) is 15.7. The van der Waals surface area contributed by atoms with E-state index in [2.05, 4.69) is 104 Å². The van der Waals surface area contributed by atoms with Gasteiger partial charge >= 0.3 is 26.2 Å². The van der Waals surface area contributed by atoms with Crippen LogP contribution in [0.15, 0.2) is 64.8 Å². The smallest absolute Gasteiger partial charge is 1.00 e. The fourth-order valence-corrected chi connectivity index (χ4v) is 8.49. The summed E-state index contributed by atoms with van der Waals surface area (Å²) in [5, 5.41) is 2.87. The van der Waals surface area contributed by atoms with Crippen molar-refractivity contribution < 1.29 is 51.0 Å². The summed E-state index contributed by atoms with van der Waals surface area (Å²) in [5.41, 5.74) is 16.2. The molecule has 0 fully saturated rings. The van der Waals surface area contributed by atoms with Gasteiger partial charge in [-0.2, -0.15) is 6.07 Å². The minimum absolute atomic E-state index is 0.